The summed E-state index contributed by atoms with van der Waals surface area (Å²) in [5.74, 6) is 0.576. The zero-order valence-electron chi connectivity index (χ0n) is 27.7. The Kier molecular flexibility index (Phi) is 6.80. The Bertz CT molecular complexity index is 2910. The smallest absolute Gasteiger partial charge is 0.160 e. The minimum absolute atomic E-state index is 0.550. The van der Waals surface area contributed by atoms with Crippen LogP contribution in [0.5, 0.6) is 0 Å². The molecule has 3 aromatic heterocycles. The van der Waals surface area contributed by atoms with E-state index < -0.39 is 0 Å². The lowest BCUT2D eigenvalue weighted by Gasteiger charge is -2.14. The summed E-state index contributed by atoms with van der Waals surface area (Å²) in [5, 5.41) is 14.3. The Morgan fingerprint density at radius 3 is 1.54 bits per heavy atom. The number of benzene rings is 7. The molecule has 3 heterocycles. The Labute approximate surface area is 298 Å². The molecule has 10 aromatic rings. The summed E-state index contributed by atoms with van der Waals surface area (Å²) in [6.07, 6.45) is 0. The fraction of sp³-hybridized carbons (Fsp3) is 0. The Hall–Kier alpha value is -7.29. The van der Waals surface area contributed by atoms with Crippen molar-refractivity contribution in [3.8, 4) is 62.2 Å². The molecule has 242 valence electrons. The first-order valence-electron chi connectivity index (χ1n) is 17.1. The number of nitriles is 1. The zero-order valence-corrected chi connectivity index (χ0v) is 27.7. The zero-order chi connectivity index (χ0) is 34.6. The molecular formula is C47H27N3O2. The van der Waals surface area contributed by atoms with E-state index in [4.69, 9.17) is 18.8 Å². The van der Waals surface area contributed by atoms with Crippen molar-refractivity contribution in [2.45, 2.75) is 0 Å². The van der Waals surface area contributed by atoms with E-state index in [9.17, 15) is 5.26 Å². The van der Waals surface area contributed by atoms with Gasteiger partial charge in [0, 0.05) is 49.4 Å². The fourth-order valence-electron chi connectivity index (χ4n) is 7.29. The second-order valence-corrected chi connectivity index (χ2v) is 12.8. The Balaban J connectivity index is 1.27. The molecule has 0 fully saturated rings. The maximum Gasteiger partial charge on any atom is 0.160 e. The van der Waals surface area contributed by atoms with Gasteiger partial charge < -0.3 is 8.83 Å². The van der Waals surface area contributed by atoms with E-state index in [1.54, 1.807) is 0 Å². The monoisotopic (exact) mass is 665 g/mol. The average molecular weight is 666 g/mol. The van der Waals surface area contributed by atoms with Crippen LogP contribution in [0.1, 0.15) is 5.56 Å². The predicted molar refractivity (Wildman–Crippen MR) is 208 cm³/mol. The normalized spacial score (nSPS) is 11.4. The largest absolute Gasteiger partial charge is 0.455 e. The summed E-state index contributed by atoms with van der Waals surface area (Å²) < 4.78 is 13.1. The van der Waals surface area contributed by atoms with Crippen molar-refractivity contribution < 1.29 is 8.83 Å². The van der Waals surface area contributed by atoms with Crippen molar-refractivity contribution in [1.29, 1.82) is 5.26 Å². The molecule has 0 unspecified atom stereocenters. The molecule has 0 aliphatic rings. The molecule has 0 N–H and O–H groups in total. The van der Waals surface area contributed by atoms with E-state index in [1.165, 1.54) is 0 Å². The van der Waals surface area contributed by atoms with Crippen LogP contribution < -0.4 is 0 Å². The Morgan fingerprint density at radius 2 is 0.904 bits per heavy atom. The Morgan fingerprint density at radius 1 is 0.404 bits per heavy atom. The van der Waals surface area contributed by atoms with Crippen LogP contribution >= 0.6 is 0 Å². The van der Waals surface area contributed by atoms with Gasteiger partial charge in [-0.15, -0.1) is 0 Å². The number of rotatable bonds is 5. The van der Waals surface area contributed by atoms with Crippen molar-refractivity contribution in [3.05, 3.63) is 169 Å². The topological polar surface area (TPSA) is 75.8 Å². The van der Waals surface area contributed by atoms with Gasteiger partial charge in [0.05, 0.1) is 23.0 Å². The first-order valence-corrected chi connectivity index (χ1v) is 17.1. The quantitative estimate of drug-likeness (QED) is 0.183. The molecular weight excluding hydrogens is 639 g/mol. The van der Waals surface area contributed by atoms with Gasteiger partial charge in [-0.1, -0.05) is 121 Å². The van der Waals surface area contributed by atoms with E-state index in [-0.39, 0.29) is 0 Å². The van der Waals surface area contributed by atoms with Gasteiger partial charge in [-0.2, -0.15) is 5.26 Å². The maximum absolute atomic E-state index is 10.0. The van der Waals surface area contributed by atoms with E-state index in [0.717, 1.165) is 88.5 Å². The van der Waals surface area contributed by atoms with Gasteiger partial charge in [0.2, 0.25) is 0 Å². The molecule has 10 rings (SSSR count). The molecule has 0 radical (unpaired) electrons. The van der Waals surface area contributed by atoms with Crippen LogP contribution in [0.4, 0.5) is 0 Å². The highest BCUT2D eigenvalue weighted by Gasteiger charge is 2.19. The molecule has 52 heavy (non-hydrogen) atoms. The lowest BCUT2D eigenvalue weighted by atomic mass is 9.93. The van der Waals surface area contributed by atoms with Crippen molar-refractivity contribution in [2.24, 2.45) is 0 Å². The number of hydrogen-bond acceptors (Lipinski definition) is 5. The van der Waals surface area contributed by atoms with E-state index in [0.29, 0.717) is 17.1 Å². The molecule has 0 aliphatic carbocycles. The highest BCUT2D eigenvalue weighted by atomic mass is 16.3. The SMILES string of the molecule is N#Cc1ccccc1-c1cc(-c2cc(-c3cccc4c3oc3ccccc34)cc(-c3cccc4c3oc3ccccc34)c2)nc(-c2ccccc2)n1. The van der Waals surface area contributed by atoms with Gasteiger partial charge >= 0.3 is 0 Å². The summed E-state index contributed by atoms with van der Waals surface area (Å²) in [7, 11) is 0. The molecule has 0 bridgehead atoms. The highest BCUT2D eigenvalue weighted by molar-refractivity contribution is 6.11. The van der Waals surface area contributed by atoms with Gasteiger partial charge in [-0.05, 0) is 53.6 Å². The van der Waals surface area contributed by atoms with Crippen LogP contribution in [0.2, 0.25) is 0 Å². The van der Waals surface area contributed by atoms with Gasteiger partial charge in [0.1, 0.15) is 22.3 Å². The highest BCUT2D eigenvalue weighted by Crippen LogP contribution is 2.42. The van der Waals surface area contributed by atoms with Crippen molar-refractivity contribution in [2.75, 3.05) is 0 Å². The van der Waals surface area contributed by atoms with Crippen LogP contribution in [0, 0.1) is 11.3 Å². The third kappa shape index (κ3) is 4.86. The number of hydrogen-bond donors (Lipinski definition) is 0. The van der Waals surface area contributed by atoms with Crippen LogP contribution in [0.25, 0.3) is 100 Å². The van der Waals surface area contributed by atoms with Gasteiger partial charge in [0.25, 0.3) is 0 Å². The molecule has 0 aliphatic heterocycles. The molecule has 0 saturated carbocycles. The van der Waals surface area contributed by atoms with Gasteiger partial charge in [-0.25, -0.2) is 9.97 Å². The fourth-order valence-corrected chi connectivity index (χ4v) is 7.29. The molecule has 0 amide bonds. The summed E-state index contributed by atoms with van der Waals surface area (Å²) in [6, 6.07) is 57.3. The number of aromatic nitrogens is 2. The summed E-state index contributed by atoms with van der Waals surface area (Å²) in [5.41, 5.74) is 11.7. The number of fused-ring (bicyclic) bond motifs is 6. The van der Waals surface area contributed by atoms with Gasteiger partial charge in [-0.3, -0.25) is 0 Å². The lowest BCUT2D eigenvalue weighted by Crippen LogP contribution is -1.97. The van der Waals surface area contributed by atoms with Crippen LogP contribution in [0.15, 0.2) is 173 Å². The molecule has 0 spiro atoms. The van der Waals surface area contributed by atoms with Gasteiger partial charge in [0.15, 0.2) is 5.82 Å². The molecule has 0 atom stereocenters. The van der Waals surface area contributed by atoms with Crippen LogP contribution in [-0.4, -0.2) is 9.97 Å². The minimum atomic E-state index is 0.550. The van der Waals surface area contributed by atoms with E-state index >= 15 is 0 Å². The molecule has 5 heteroatoms. The second-order valence-electron chi connectivity index (χ2n) is 12.8. The molecule has 7 aromatic carbocycles. The third-order valence-corrected chi connectivity index (χ3v) is 9.74. The minimum Gasteiger partial charge on any atom is -0.455 e. The van der Waals surface area contributed by atoms with E-state index in [1.807, 2.05) is 97.1 Å². The third-order valence-electron chi connectivity index (χ3n) is 9.74. The average Bonchev–Trinajstić information content (AvgIpc) is 3.79. The van der Waals surface area contributed by atoms with Crippen molar-refractivity contribution in [1.82, 2.24) is 9.97 Å². The standard InChI is InChI=1S/C47H27N3O2/c48-28-30-14-4-5-15-34(30)42-27-41(49-47(50-42)29-12-2-1-3-13-29)33-25-31(35-18-10-20-39-37-16-6-8-22-43(37)51-45(35)39)24-32(26-33)36-19-11-21-40-38-17-7-9-23-44(38)52-46(36)40/h1-27H. The predicted octanol–water partition coefficient (Wildman–Crippen LogP) is 12.5. The lowest BCUT2D eigenvalue weighted by molar-refractivity contribution is 0.670. The number of nitrogens with zero attached hydrogens (tertiary/aromatic N) is 3. The summed E-state index contributed by atoms with van der Waals surface area (Å²) >= 11 is 0. The maximum atomic E-state index is 10.0. The second kappa shape index (κ2) is 11.9. The van der Waals surface area contributed by atoms with Crippen molar-refractivity contribution in [3.63, 3.8) is 0 Å². The number of para-hydroxylation sites is 4. The number of furan rings is 2. The molecule has 5 nitrogen and oxygen atoms in total. The first-order chi connectivity index (χ1) is 25.7. The summed E-state index contributed by atoms with van der Waals surface area (Å²) in [4.78, 5) is 10.2. The van der Waals surface area contributed by atoms with Crippen LogP contribution in [0.3, 0.4) is 0 Å². The van der Waals surface area contributed by atoms with Crippen LogP contribution in [-0.2, 0) is 0 Å². The molecule has 0 saturated heterocycles. The summed E-state index contributed by atoms with van der Waals surface area (Å²) in [6.45, 7) is 0. The van der Waals surface area contributed by atoms with Crippen molar-refractivity contribution >= 4 is 43.9 Å². The first kappa shape index (κ1) is 29.6. The van der Waals surface area contributed by atoms with E-state index in [2.05, 4.69) is 72.8 Å².